The summed E-state index contributed by atoms with van der Waals surface area (Å²) in [6.45, 7) is 1.90. The number of aromatic hydroxyl groups is 1. The summed E-state index contributed by atoms with van der Waals surface area (Å²) in [6, 6.07) is 7.52. The van der Waals surface area contributed by atoms with Gasteiger partial charge >= 0.3 is 0 Å². The SMILES string of the molecule is Cc1ccc(-c2cc(O)cn3ncc(C#N)c23)cn1. The van der Waals surface area contributed by atoms with E-state index in [1.807, 2.05) is 19.1 Å². The molecule has 1 N–H and O–H groups in total. The van der Waals surface area contributed by atoms with Crippen LogP contribution in [0.15, 0.2) is 36.8 Å². The van der Waals surface area contributed by atoms with Crippen molar-refractivity contribution in [1.29, 1.82) is 5.26 Å². The molecule has 0 saturated heterocycles. The Bertz CT molecular complexity index is 797. The van der Waals surface area contributed by atoms with Crippen LogP contribution in [0.4, 0.5) is 0 Å². The maximum Gasteiger partial charge on any atom is 0.134 e. The van der Waals surface area contributed by atoms with Gasteiger partial charge in [-0.1, -0.05) is 6.07 Å². The van der Waals surface area contributed by atoms with Gasteiger partial charge in [-0.2, -0.15) is 10.4 Å². The summed E-state index contributed by atoms with van der Waals surface area (Å²) in [7, 11) is 0. The molecular weight excluding hydrogens is 240 g/mol. The highest BCUT2D eigenvalue weighted by Crippen LogP contribution is 2.29. The van der Waals surface area contributed by atoms with E-state index in [-0.39, 0.29) is 5.75 Å². The normalized spacial score (nSPS) is 10.5. The number of fused-ring (bicyclic) bond motifs is 1. The van der Waals surface area contributed by atoms with Crippen LogP contribution in [-0.4, -0.2) is 19.7 Å². The fourth-order valence-electron chi connectivity index (χ4n) is 2.04. The molecule has 0 amide bonds. The van der Waals surface area contributed by atoms with Gasteiger partial charge in [0.15, 0.2) is 0 Å². The molecule has 92 valence electrons. The van der Waals surface area contributed by atoms with E-state index in [0.29, 0.717) is 11.1 Å². The lowest BCUT2D eigenvalue weighted by molar-refractivity contribution is 0.471. The summed E-state index contributed by atoms with van der Waals surface area (Å²) in [5, 5.41) is 22.9. The van der Waals surface area contributed by atoms with E-state index in [9.17, 15) is 5.11 Å². The zero-order valence-corrected chi connectivity index (χ0v) is 10.2. The minimum Gasteiger partial charge on any atom is -0.506 e. The van der Waals surface area contributed by atoms with Crippen molar-refractivity contribution in [3.05, 3.63) is 48.0 Å². The molecular formula is C14H10N4O. The monoisotopic (exact) mass is 250 g/mol. The molecule has 19 heavy (non-hydrogen) atoms. The molecule has 0 aliphatic carbocycles. The Labute approximate surface area is 109 Å². The number of rotatable bonds is 1. The van der Waals surface area contributed by atoms with Crippen LogP contribution in [0.3, 0.4) is 0 Å². The predicted molar refractivity (Wildman–Crippen MR) is 69.5 cm³/mol. The summed E-state index contributed by atoms with van der Waals surface area (Å²) in [5.41, 5.74) is 3.63. The Hall–Kier alpha value is -2.87. The Morgan fingerprint density at radius 2 is 2.16 bits per heavy atom. The van der Waals surface area contributed by atoms with Crippen LogP contribution in [0.2, 0.25) is 0 Å². The highest BCUT2D eigenvalue weighted by atomic mass is 16.3. The van der Waals surface area contributed by atoms with Gasteiger partial charge in [0.05, 0.1) is 23.5 Å². The molecule has 0 saturated carbocycles. The number of nitriles is 1. The zero-order chi connectivity index (χ0) is 13.4. The van der Waals surface area contributed by atoms with Crippen LogP contribution in [0.5, 0.6) is 5.75 Å². The van der Waals surface area contributed by atoms with Crippen LogP contribution >= 0.6 is 0 Å². The Balaban J connectivity index is 2.36. The maximum atomic E-state index is 9.74. The average molecular weight is 250 g/mol. The summed E-state index contributed by atoms with van der Waals surface area (Å²) in [4.78, 5) is 4.24. The van der Waals surface area contributed by atoms with Crippen LogP contribution in [-0.2, 0) is 0 Å². The fraction of sp³-hybridized carbons (Fsp3) is 0.0714. The number of nitrogens with zero attached hydrogens (tertiary/aromatic N) is 4. The molecule has 3 heterocycles. The number of pyridine rings is 2. The van der Waals surface area contributed by atoms with Gasteiger partial charge in [-0.3, -0.25) is 4.98 Å². The van der Waals surface area contributed by atoms with Crippen LogP contribution < -0.4 is 0 Å². The van der Waals surface area contributed by atoms with Gasteiger partial charge in [-0.05, 0) is 19.1 Å². The second-order valence-corrected chi connectivity index (χ2v) is 4.26. The van der Waals surface area contributed by atoms with Gasteiger partial charge in [0.2, 0.25) is 0 Å². The topological polar surface area (TPSA) is 74.2 Å². The molecule has 0 aromatic carbocycles. The molecule has 5 heteroatoms. The van der Waals surface area contributed by atoms with E-state index in [2.05, 4.69) is 16.2 Å². The van der Waals surface area contributed by atoms with Crippen LogP contribution in [0.1, 0.15) is 11.3 Å². The maximum absolute atomic E-state index is 9.74. The molecule has 0 aliphatic heterocycles. The molecule has 0 fully saturated rings. The molecule has 0 unspecified atom stereocenters. The van der Waals surface area contributed by atoms with Crippen molar-refractivity contribution in [3.8, 4) is 22.9 Å². The van der Waals surface area contributed by atoms with Gasteiger partial charge < -0.3 is 5.11 Å². The van der Waals surface area contributed by atoms with E-state index in [1.165, 1.54) is 16.9 Å². The van der Waals surface area contributed by atoms with Crippen molar-refractivity contribution in [2.24, 2.45) is 0 Å². The summed E-state index contributed by atoms with van der Waals surface area (Å²) >= 11 is 0. The summed E-state index contributed by atoms with van der Waals surface area (Å²) in [6.07, 6.45) is 4.68. The molecule has 0 atom stereocenters. The smallest absolute Gasteiger partial charge is 0.134 e. The molecule has 0 bridgehead atoms. The van der Waals surface area contributed by atoms with E-state index < -0.39 is 0 Å². The Morgan fingerprint density at radius 3 is 2.84 bits per heavy atom. The first kappa shape index (κ1) is 11.2. The molecule has 0 aliphatic rings. The quantitative estimate of drug-likeness (QED) is 0.719. The van der Waals surface area contributed by atoms with Gasteiger partial charge in [-0.25, -0.2) is 4.52 Å². The number of hydrogen-bond acceptors (Lipinski definition) is 4. The van der Waals surface area contributed by atoms with E-state index in [4.69, 9.17) is 5.26 Å². The van der Waals surface area contributed by atoms with Crippen molar-refractivity contribution >= 4 is 5.52 Å². The van der Waals surface area contributed by atoms with Gasteiger partial charge in [-0.15, -0.1) is 0 Å². The largest absolute Gasteiger partial charge is 0.506 e. The predicted octanol–water partition coefficient (Wildman–Crippen LogP) is 2.28. The lowest BCUT2D eigenvalue weighted by atomic mass is 10.1. The third-order valence-corrected chi connectivity index (χ3v) is 2.94. The van der Waals surface area contributed by atoms with E-state index in [1.54, 1.807) is 12.3 Å². The standard InChI is InChI=1S/C14H10N4O/c1-9-2-3-10(6-16-9)13-4-12(19)8-18-14(13)11(5-15)7-17-18/h2-4,6-8,19H,1H3. The second-order valence-electron chi connectivity index (χ2n) is 4.26. The van der Waals surface area contributed by atoms with E-state index in [0.717, 1.165) is 16.8 Å². The second kappa shape index (κ2) is 4.10. The van der Waals surface area contributed by atoms with Gasteiger partial charge in [0, 0.05) is 23.0 Å². The molecule has 3 aromatic rings. The first-order valence-corrected chi connectivity index (χ1v) is 5.72. The van der Waals surface area contributed by atoms with Gasteiger partial charge in [0.1, 0.15) is 11.8 Å². The molecule has 3 rings (SSSR count). The molecule has 0 radical (unpaired) electrons. The average Bonchev–Trinajstić information content (AvgIpc) is 2.81. The van der Waals surface area contributed by atoms with Crippen molar-refractivity contribution < 1.29 is 5.11 Å². The number of aryl methyl sites for hydroxylation is 1. The Morgan fingerprint density at radius 1 is 1.32 bits per heavy atom. The molecule has 0 spiro atoms. The number of hydrogen-bond donors (Lipinski definition) is 1. The molecule has 5 nitrogen and oxygen atoms in total. The van der Waals surface area contributed by atoms with Crippen LogP contribution in [0, 0.1) is 18.3 Å². The minimum absolute atomic E-state index is 0.0932. The first-order valence-electron chi connectivity index (χ1n) is 5.72. The van der Waals surface area contributed by atoms with Crippen LogP contribution in [0.25, 0.3) is 16.6 Å². The third-order valence-electron chi connectivity index (χ3n) is 2.94. The van der Waals surface area contributed by atoms with Crippen molar-refractivity contribution in [3.63, 3.8) is 0 Å². The first-order chi connectivity index (χ1) is 9.19. The summed E-state index contributed by atoms with van der Waals surface area (Å²) < 4.78 is 1.50. The lowest BCUT2D eigenvalue weighted by Crippen LogP contribution is -1.91. The number of aromatic nitrogens is 3. The Kier molecular flexibility index (Phi) is 2.43. The van der Waals surface area contributed by atoms with E-state index >= 15 is 0 Å². The highest BCUT2D eigenvalue weighted by molar-refractivity contribution is 5.84. The van der Waals surface area contributed by atoms with Crippen molar-refractivity contribution in [2.75, 3.05) is 0 Å². The van der Waals surface area contributed by atoms with Gasteiger partial charge in [0.25, 0.3) is 0 Å². The summed E-state index contributed by atoms with van der Waals surface area (Å²) in [5.74, 6) is 0.0932. The molecule has 3 aromatic heterocycles. The van der Waals surface area contributed by atoms with Crippen molar-refractivity contribution in [1.82, 2.24) is 14.6 Å². The lowest BCUT2D eigenvalue weighted by Gasteiger charge is -2.06. The fourth-order valence-corrected chi connectivity index (χ4v) is 2.04. The van der Waals surface area contributed by atoms with Crippen molar-refractivity contribution in [2.45, 2.75) is 6.92 Å². The third kappa shape index (κ3) is 1.79. The zero-order valence-electron chi connectivity index (χ0n) is 10.2. The minimum atomic E-state index is 0.0932. The highest BCUT2D eigenvalue weighted by Gasteiger charge is 2.12.